The van der Waals surface area contributed by atoms with Crippen LogP contribution in [0, 0.1) is 0 Å². The Hall–Kier alpha value is -0.760. The summed E-state index contributed by atoms with van der Waals surface area (Å²) in [4.78, 5) is 22.4. The fourth-order valence-corrected chi connectivity index (χ4v) is 2.42. The van der Waals surface area contributed by atoms with Crippen molar-refractivity contribution in [2.24, 2.45) is 0 Å². The van der Waals surface area contributed by atoms with Gasteiger partial charge in [0.25, 0.3) is 0 Å². The van der Waals surface area contributed by atoms with E-state index in [-0.39, 0.29) is 23.8 Å². The first-order chi connectivity index (χ1) is 7.71. The van der Waals surface area contributed by atoms with Gasteiger partial charge in [-0.05, 0) is 6.42 Å². The zero-order valence-corrected chi connectivity index (χ0v) is 9.85. The zero-order valence-electron chi connectivity index (χ0n) is 9.03. The summed E-state index contributed by atoms with van der Waals surface area (Å²) in [6, 6.07) is -0.743. The van der Waals surface area contributed by atoms with Gasteiger partial charge in [0, 0.05) is 25.3 Å². The lowest BCUT2D eigenvalue weighted by Gasteiger charge is -2.24. The summed E-state index contributed by atoms with van der Waals surface area (Å²) in [5.74, 6) is -1.88. The van der Waals surface area contributed by atoms with E-state index >= 15 is 0 Å². The van der Waals surface area contributed by atoms with Gasteiger partial charge in [-0.3, -0.25) is 9.59 Å². The zero-order chi connectivity index (χ0) is 13.2. The Balaban J connectivity index is 2.68. The molecule has 1 aliphatic heterocycles. The molecule has 1 N–H and O–H groups in total. The first-order valence-corrected chi connectivity index (χ1v) is 5.89. The number of amides is 1. The van der Waals surface area contributed by atoms with Gasteiger partial charge in [0.15, 0.2) is 5.12 Å². The number of rotatable bonds is 2. The number of carbonyl (C=O) groups is 2. The number of hydrogen-bond donors (Lipinski definition) is 1. The van der Waals surface area contributed by atoms with Gasteiger partial charge >= 0.3 is 12.1 Å². The SMILES string of the molecule is CC(=O)SC[C@@H]1C[C@@H](O)CN1C(=O)C(F)(F)F. The monoisotopic (exact) mass is 271 g/mol. The quantitative estimate of drug-likeness (QED) is 0.806. The van der Waals surface area contributed by atoms with Crippen LogP contribution in [0.2, 0.25) is 0 Å². The van der Waals surface area contributed by atoms with Crippen LogP contribution in [0.25, 0.3) is 0 Å². The Bertz CT molecular complexity index is 321. The number of aliphatic hydroxyl groups is 1. The van der Waals surface area contributed by atoms with Crippen LogP contribution in [0.5, 0.6) is 0 Å². The van der Waals surface area contributed by atoms with E-state index in [1.165, 1.54) is 6.92 Å². The predicted molar refractivity (Wildman–Crippen MR) is 55.3 cm³/mol. The van der Waals surface area contributed by atoms with Crippen molar-refractivity contribution in [1.82, 2.24) is 4.90 Å². The second kappa shape index (κ2) is 5.26. The lowest BCUT2D eigenvalue weighted by atomic mass is 10.2. The van der Waals surface area contributed by atoms with Gasteiger partial charge in [0.1, 0.15) is 0 Å². The molecule has 1 amide bonds. The molecule has 0 aromatic rings. The molecular formula is C9H12F3NO3S. The molecule has 17 heavy (non-hydrogen) atoms. The first kappa shape index (κ1) is 14.3. The normalized spacial score (nSPS) is 25.1. The van der Waals surface area contributed by atoms with Gasteiger partial charge in [0.2, 0.25) is 0 Å². The molecule has 4 nitrogen and oxygen atoms in total. The van der Waals surface area contributed by atoms with E-state index in [1.807, 2.05) is 0 Å². The van der Waals surface area contributed by atoms with E-state index in [9.17, 15) is 27.9 Å². The maximum Gasteiger partial charge on any atom is 0.471 e. The van der Waals surface area contributed by atoms with Crippen LogP contribution in [0.4, 0.5) is 13.2 Å². The molecule has 0 aliphatic carbocycles. The number of aliphatic hydroxyl groups excluding tert-OH is 1. The highest BCUT2D eigenvalue weighted by Crippen LogP contribution is 2.27. The molecule has 8 heteroatoms. The third-order valence-corrected chi connectivity index (χ3v) is 3.33. The molecule has 1 aliphatic rings. The van der Waals surface area contributed by atoms with Crippen LogP contribution >= 0.6 is 11.8 Å². The van der Waals surface area contributed by atoms with Gasteiger partial charge in [-0.1, -0.05) is 11.8 Å². The number of halogens is 3. The molecule has 1 rings (SSSR count). The fraction of sp³-hybridized carbons (Fsp3) is 0.778. The van der Waals surface area contributed by atoms with Gasteiger partial charge in [-0.2, -0.15) is 13.2 Å². The third-order valence-electron chi connectivity index (χ3n) is 2.37. The lowest BCUT2D eigenvalue weighted by molar-refractivity contribution is -0.186. The largest absolute Gasteiger partial charge is 0.471 e. The molecule has 1 saturated heterocycles. The molecule has 0 bridgehead atoms. The molecule has 0 radical (unpaired) electrons. The summed E-state index contributed by atoms with van der Waals surface area (Å²) >= 11 is 0.851. The van der Waals surface area contributed by atoms with Crippen LogP contribution in [0.3, 0.4) is 0 Å². The first-order valence-electron chi connectivity index (χ1n) is 4.91. The maximum absolute atomic E-state index is 12.3. The molecule has 0 saturated carbocycles. The van der Waals surface area contributed by atoms with Crippen LogP contribution < -0.4 is 0 Å². The van der Waals surface area contributed by atoms with Crippen molar-refractivity contribution >= 4 is 22.8 Å². The van der Waals surface area contributed by atoms with Crippen molar-refractivity contribution < 1.29 is 27.9 Å². The van der Waals surface area contributed by atoms with E-state index in [0.717, 1.165) is 11.8 Å². The van der Waals surface area contributed by atoms with Gasteiger partial charge in [-0.25, -0.2) is 0 Å². The Labute approximate surface area is 100 Å². The Morgan fingerprint density at radius 1 is 1.47 bits per heavy atom. The Morgan fingerprint density at radius 2 is 2.06 bits per heavy atom. The van der Waals surface area contributed by atoms with E-state index in [4.69, 9.17) is 0 Å². The van der Waals surface area contributed by atoms with Crippen LogP contribution in [-0.4, -0.2) is 51.6 Å². The molecule has 1 heterocycles. The van der Waals surface area contributed by atoms with Crippen molar-refractivity contribution in [1.29, 1.82) is 0 Å². The van der Waals surface area contributed by atoms with E-state index in [1.54, 1.807) is 0 Å². The van der Waals surface area contributed by atoms with Crippen LogP contribution in [0.15, 0.2) is 0 Å². The minimum atomic E-state index is -4.94. The molecule has 0 spiro atoms. The molecule has 0 aromatic carbocycles. The number of alkyl halides is 3. The smallest absolute Gasteiger partial charge is 0.391 e. The molecular weight excluding hydrogens is 259 g/mol. The standard InChI is InChI=1S/C9H12F3NO3S/c1-5(14)17-4-6-2-7(15)3-13(6)8(16)9(10,11)12/h6-7,15H,2-4H2,1H3/t6-,7+/m0/s1. The number of thioether (sulfide) groups is 1. The van der Waals surface area contributed by atoms with Crippen LogP contribution in [-0.2, 0) is 9.59 Å². The van der Waals surface area contributed by atoms with Crippen molar-refractivity contribution in [3.05, 3.63) is 0 Å². The number of hydrogen-bond acceptors (Lipinski definition) is 4. The third kappa shape index (κ3) is 3.88. The molecule has 98 valence electrons. The lowest BCUT2D eigenvalue weighted by Crippen LogP contribution is -2.45. The topological polar surface area (TPSA) is 57.6 Å². The van der Waals surface area contributed by atoms with Crippen molar-refractivity contribution in [2.45, 2.75) is 31.7 Å². The van der Waals surface area contributed by atoms with E-state index < -0.39 is 24.2 Å². The fourth-order valence-electron chi connectivity index (χ4n) is 1.68. The maximum atomic E-state index is 12.3. The molecule has 2 atom stereocenters. The Kier molecular flexibility index (Phi) is 4.42. The van der Waals surface area contributed by atoms with E-state index in [0.29, 0.717) is 4.90 Å². The van der Waals surface area contributed by atoms with Crippen LogP contribution in [0.1, 0.15) is 13.3 Å². The van der Waals surface area contributed by atoms with Gasteiger partial charge in [0.05, 0.1) is 6.10 Å². The average Bonchev–Trinajstić information content (AvgIpc) is 2.53. The van der Waals surface area contributed by atoms with Crippen molar-refractivity contribution in [2.75, 3.05) is 12.3 Å². The summed E-state index contributed by atoms with van der Waals surface area (Å²) in [6.07, 6.45) is -5.83. The highest BCUT2D eigenvalue weighted by atomic mass is 32.2. The number of likely N-dealkylation sites (tertiary alicyclic amines) is 1. The minimum Gasteiger partial charge on any atom is -0.391 e. The summed E-state index contributed by atoms with van der Waals surface area (Å²) < 4.78 is 36.8. The number of carbonyl (C=O) groups excluding carboxylic acids is 2. The number of nitrogens with zero attached hydrogens (tertiary/aromatic N) is 1. The summed E-state index contributed by atoms with van der Waals surface area (Å²) in [5.41, 5.74) is 0. The number of β-amino-alcohol motifs (C(OH)–C–C–N with tert-alkyl or cyclic N) is 1. The predicted octanol–water partition coefficient (Wildman–Crippen LogP) is 0.790. The van der Waals surface area contributed by atoms with Crippen molar-refractivity contribution in [3.63, 3.8) is 0 Å². The second-order valence-corrected chi connectivity index (χ2v) is 5.00. The summed E-state index contributed by atoms with van der Waals surface area (Å²) in [7, 11) is 0. The van der Waals surface area contributed by atoms with Gasteiger partial charge < -0.3 is 10.0 Å². The summed E-state index contributed by atoms with van der Waals surface area (Å²) in [6.45, 7) is 0.966. The Morgan fingerprint density at radius 3 is 2.53 bits per heavy atom. The highest BCUT2D eigenvalue weighted by Gasteiger charge is 2.47. The van der Waals surface area contributed by atoms with E-state index in [2.05, 4.69) is 0 Å². The minimum absolute atomic E-state index is 0.0715. The second-order valence-electron chi connectivity index (χ2n) is 3.80. The highest BCUT2D eigenvalue weighted by molar-refractivity contribution is 8.13. The van der Waals surface area contributed by atoms with Gasteiger partial charge in [-0.15, -0.1) is 0 Å². The molecule has 0 aromatic heterocycles. The molecule has 0 unspecified atom stereocenters. The summed E-state index contributed by atoms with van der Waals surface area (Å²) in [5, 5.41) is 9.06. The van der Waals surface area contributed by atoms with Crippen molar-refractivity contribution in [3.8, 4) is 0 Å². The molecule has 1 fully saturated rings. The average molecular weight is 271 g/mol.